The number of benzene rings is 2. The Hall–Kier alpha value is -2.51. The molecule has 2 aromatic rings. The van der Waals surface area contributed by atoms with Crippen molar-refractivity contribution in [3.05, 3.63) is 70.3 Å². The SMILES string of the molecule is Fc1cccc(/[C]=N\OCc2c(F)c(F)c(F)c(F)c2F)c1. The molecular weight excluding hydrogens is 312 g/mol. The number of halogens is 6. The van der Waals surface area contributed by atoms with Gasteiger partial charge in [0.05, 0.1) is 5.56 Å². The first-order chi connectivity index (χ1) is 10.4. The van der Waals surface area contributed by atoms with Crippen LogP contribution < -0.4 is 0 Å². The molecule has 0 amide bonds. The molecular formula is C14H6F6NO. The normalized spacial score (nSPS) is 11.2. The Labute approximate surface area is 120 Å². The van der Waals surface area contributed by atoms with E-state index in [4.69, 9.17) is 0 Å². The van der Waals surface area contributed by atoms with Gasteiger partial charge in [0.15, 0.2) is 23.3 Å². The van der Waals surface area contributed by atoms with Crippen LogP contribution in [0.25, 0.3) is 0 Å². The summed E-state index contributed by atoms with van der Waals surface area (Å²) in [6.45, 7) is -1.01. The van der Waals surface area contributed by atoms with Gasteiger partial charge in [0.1, 0.15) is 18.6 Å². The predicted octanol–water partition coefficient (Wildman–Crippen LogP) is 3.95. The molecule has 0 aliphatic carbocycles. The average molecular weight is 318 g/mol. The van der Waals surface area contributed by atoms with Crippen LogP contribution in [-0.2, 0) is 11.4 Å². The van der Waals surface area contributed by atoms with Gasteiger partial charge >= 0.3 is 0 Å². The molecule has 0 fully saturated rings. The van der Waals surface area contributed by atoms with Gasteiger partial charge in [0.2, 0.25) is 5.82 Å². The van der Waals surface area contributed by atoms with Crippen LogP contribution in [0.2, 0.25) is 0 Å². The third-order valence-corrected chi connectivity index (χ3v) is 2.57. The molecule has 0 saturated carbocycles. The summed E-state index contributed by atoms with van der Waals surface area (Å²) in [5.41, 5.74) is -1.00. The van der Waals surface area contributed by atoms with Gasteiger partial charge in [-0.05, 0) is 12.1 Å². The van der Waals surface area contributed by atoms with E-state index in [1.54, 1.807) is 0 Å². The molecule has 0 N–H and O–H groups in total. The van der Waals surface area contributed by atoms with Crippen molar-refractivity contribution in [2.24, 2.45) is 5.16 Å². The van der Waals surface area contributed by atoms with Crippen molar-refractivity contribution in [1.29, 1.82) is 0 Å². The molecule has 0 spiro atoms. The second-order valence-electron chi connectivity index (χ2n) is 4.04. The van der Waals surface area contributed by atoms with Gasteiger partial charge in [-0.1, -0.05) is 17.3 Å². The third kappa shape index (κ3) is 3.21. The highest BCUT2D eigenvalue weighted by molar-refractivity contribution is 5.78. The molecule has 0 heterocycles. The molecule has 2 aromatic carbocycles. The van der Waals surface area contributed by atoms with Crippen molar-refractivity contribution in [3.63, 3.8) is 0 Å². The van der Waals surface area contributed by atoms with Crippen molar-refractivity contribution in [3.8, 4) is 0 Å². The van der Waals surface area contributed by atoms with E-state index in [0.717, 1.165) is 6.07 Å². The van der Waals surface area contributed by atoms with E-state index in [1.165, 1.54) is 18.2 Å². The molecule has 22 heavy (non-hydrogen) atoms. The molecule has 0 aromatic heterocycles. The Balaban J connectivity index is 2.13. The highest BCUT2D eigenvalue weighted by atomic mass is 19.2. The Bertz CT molecular complexity index is 703. The average Bonchev–Trinajstić information content (AvgIpc) is 2.50. The lowest BCUT2D eigenvalue weighted by Gasteiger charge is -2.06. The highest BCUT2D eigenvalue weighted by Gasteiger charge is 2.25. The summed E-state index contributed by atoms with van der Waals surface area (Å²) in [7, 11) is 0. The largest absolute Gasteiger partial charge is 0.390 e. The molecule has 8 heteroatoms. The minimum Gasteiger partial charge on any atom is -0.390 e. The lowest BCUT2D eigenvalue weighted by atomic mass is 10.2. The van der Waals surface area contributed by atoms with Crippen LogP contribution in [0, 0.1) is 34.9 Å². The van der Waals surface area contributed by atoms with Gasteiger partial charge in [-0.2, -0.15) is 0 Å². The van der Waals surface area contributed by atoms with E-state index in [9.17, 15) is 26.3 Å². The first-order valence-electron chi connectivity index (χ1n) is 5.75. The molecule has 0 atom stereocenters. The van der Waals surface area contributed by atoms with Gasteiger partial charge in [-0.15, -0.1) is 0 Å². The summed E-state index contributed by atoms with van der Waals surface area (Å²) >= 11 is 0. The molecule has 0 aliphatic rings. The summed E-state index contributed by atoms with van der Waals surface area (Å²) in [6.07, 6.45) is 2.19. The molecule has 0 bridgehead atoms. The van der Waals surface area contributed by atoms with Crippen molar-refractivity contribution in [2.45, 2.75) is 6.61 Å². The van der Waals surface area contributed by atoms with E-state index in [1.807, 2.05) is 0 Å². The second kappa shape index (κ2) is 6.50. The van der Waals surface area contributed by atoms with Crippen molar-refractivity contribution in [1.82, 2.24) is 0 Å². The number of nitrogens with zero attached hydrogens (tertiary/aromatic N) is 1. The lowest BCUT2D eigenvalue weighted by molar-refractivity contribution is 0.124. The fourth-order valence-electron chi connectivity index (χ4n) is 1.52. The van der Waals surface area contributed by atoms with Gasteiger partial charge in [0, 0.05) is 5.56 Å². The lowest BCUT2D eigenvalue weighted by Crippen LogP contribution is -2.07. The summed E-state index contributed by atoms with van der Waals surface area (Å²) in [5.74, 6) is -11.0. The Morgan fingerprint density at radius 3 is 2.05 bits per heavy atom. The zero-order chi connectivity index (χ0) is 16.3. The zero-order valence-electron chi connectivity index (χ0n) is 10.6. The van der Waals surface area contributed by atoms with Crippen LogP contribution in [0.3, 0.4) is 0 Å². The molecule has 0 saturated heterocycles. The highest BCUT2D eigenvalue weighted by Crippen LogP contribution is 2.23. The second-order valence-corrected chi connectivity index (χ2v) is 4.04. The molecule has 0 unspecified atom stereocenters. The fourth-order valence-corrected chi connectivity index (χ4v) is 1.52. The van der Waals surface area contributed by atoms with Crippen molar-refractivity contribution < 1.29 is 31.2 Å². The van der Waals surface area contributed by atoms with Gasteiger partial charge in [0.25, 0.3) is 0 Å². The smallest absolute Gasteiger partial charge is 0.200 e. The van der Waals surface area contributed by atoms with Crippen LogP contribution in [0.4, 0.5) is 26.3 Å². The third-order valence-electron chi connectivity index (χ3n) is 2.57. The maximum absolute atomic E-state index is 13.3. The minimum atomic E-state index is -2.26. The zero-order valence-corrected chi connectivity index (χ0v) is 10.6. The van der Waals surface area contributed by atoms with Gasteiger partial charge < -0.3 is 4.84 Å². The summed E-state index contributed by atoms with van der Waals surface area (Å²) in [5, 5.41) is 3.15. The van der Waals surface area contributed by atoms with E-state index in [2.05, 4.69) is 16.2 Å². The Morgan fingerprint density at radius 1 is 0.864 bits per heavy atom. The monoisotopic (exact) mass is 318 g/mol. The van der Waals surface area contributed by atoms with Gasteiger partial charge in [-0.25, -0.2) is 26.3 Å². The summed E-state index contributed by atoms with van der Waals surface area (Å²) in [6, 6.07) is 4.98. The summed E-state index contributed by atoms with van der Waals surface area (Å²) < 4.78 is 78.1. The maximum Gasteiger partial charge on any atom is 0.200 e. The molecule has 115 valence electrons. The van der Waals surface area contributed by atoms with E-state index < -0.39 is 47.1 Å². The van der Waals surface area contributed by atoms with Crippen LogP contribution >= 0.6 is 0 Å². The predicted molar refractivity (Wildman–Crippen MR) is 64.0 cm³/mol. The van der Waals surface area contributed by atoms with Crippen LogP contribution in [0.15, 0.2) is 29.4 Å². The van der Waals surface area contributed by atoms with Crippen LogP contribution in [0.5, 0.6) is 0 Å². The number of hydrogen-bond donors (Lipinski definition) is 0. The number of hydrogen-bond acceptors (Lipinski definition) is 2. The topological polar surface area (TPSA) is 21.6 Å². The fraction of sp³-hybridized carbons (Fsp3) is 0.0714. The quantitative estimate of drug-likeness (QED) is 0.275. The maximum atomic E-state index is 13.3. The molecule has 1 radical (unpaired) electrons. The van der Waals surface area contributed by atoms with Crippen LogP contribution in [-0.4, -0.2) is 6.21 Å². The van der Waals surface area contributed by atoms with Crippen LogP contribution in [0.1, 0.15) is 11.1 Å². The standard InChI is InChI=1S/C14H6F6NO/c15-8-3-1-2-7(4-8)5-21-22-6-9-10(16)12(18)14(20)13(19)11(9)17/h1-4H,6H2. The van der Waals surface area contributed by atoms with E-state index in [0.29, 0.717) is 0 Å². The molecule has 2 nitrogen and oxygen atoms in total. The van der Waals surface area contributed by atoms with Gasteiger partial charge in [-0.3, -0.25) is 0 Å². The Kier molecular flexibility index (Phi) is 4.69. The van der Waals surface area contributed by atoms with Crippen molar-refractivity contribution in [2.75, 3.05) is 0 Å². The van der Waals surface area contributed by atoms with Crippen molar-refractivity contribution >= 4 is 6.21 Å². The van der Waals surface area contributed by atoms with E-state index >= 15 is 0 Å². The Morgan fingerprint density at radius 2 is 1.45 bits per heavy atom. The molecule has 2 rings (SSSR count). The van der Waals surface area contributed by atoms with E-state index in [-0.39, 0.29) is 5.56 Å². The first-order valence-corrected chi connectivity index (χ1v) is 5.75. The number of rotatable bonds is 4. The molecule has 0 aliphatic heterocycles. The summed E-state index contributed by atoms with van der Waals surface area (Å²) in [4.78, 5) is 4.43. The first kappa shape index (κ1) is 15.9. The minimum absolute atomic E-state index is 0.164.